The van der Waals surface area contributed by atoms with Crippen LogP contribution in [0.1, 0.15) is 18.1 Å². The van der Waals surface area contributed by atoms with E-state index >= 15 is 0 Å². The second kappa shape index (κ2) is 8.39. The molecule has 24 heavy (non-hydrogen) atoms. The predicted octanol–water partition coefficient (Wildman–Crippen LogP) is 2.67. The van der Waals surface area contributed by atoms with Crippen LogP contribution in [0.25, 0.3) is 0 Å². The van der Waals surface area contributed by atoms with Gasteiger partial charge in [-0.2, -0.15) is 8.42 Å². The van der Waals surface area contributed by atoms with Crippen molar-refractivity contribution in [3.63, 3.8) is 0 Å². The zero-order valence-electron chi connectivity index (χ0n) is 13.8. The molecule has 0 bridgehead atoms. The van der Waals surface area contributed by atoms with Crippen molar-refractivity contribution in [2.45, 2.75) is 37.6 Å². The number of rotatable bonds is 8. The van der Waals surface area contributed by atoms with Crippen molar-refractivity contribution in [1.29, 1.82) is 0 Å². The van der Waals surface area contributed by atoms with Crippen LogP contribution in [0.4, 0.5) is 0 Å². The van der Waals surface area contributed by atoms with Crippen LogP contribution >= 0.6 is 0 Å². The van der Waals surface area contributed by atoms with Gasteiger partial charge in [-0.25, -0.2) is 0 Å². The lowest BCUT2D eigenvalue weighted by Gasteiger charge is -2.19. The molecule has 0 saturated heterocycles. The zero-order valence-corrected chi connectivity index (χ0v) is 14.6. The molecular formula is C18H22O5S. The number of aliphatic hydroxyl groups excluding tert-OH is 1. The van der Waals surface area contributed by atoms with Gasteiger partial charge in [0.1, 0.15) is 12.2 Å². The van der Waals surface area contributed by atoms with E-state index in [0.717, 1.165) is 11.1 Å². The van der Waals surface area contributed by atoms with Gasteiger partial charge in [0.2, 0.25) is 0 Å². The first-order valence-corrected chi connectivity index (χ1v) is 9.09. The van der Waals surface area contributed by atoms with Gasteiger partial charge in [-0.15, -0.1) is 0 Å². The van der Waals surface area contributed by atoms with Crippen LogP contribution in [0.15, 0.2) is 59.5 Å². The molecule has 1 N–H and O–H groups in total. The molecule has 2 aromatic rings. The Morgan fingerprint density at radius 3 is 2.29 bits per heavy atom. The first-order valence-electron chi connectivity index (χ1n) is 7.68. The molecule has 6 heteroatoms. The summed E-state index contributed by atoms with van der Waals surface area (Å²) in [5.74, 6) is 0. The largest absolute Gasteiger partial charge is 0.388 e. The Morgan fingerprint density at radius 1 is 1.04 bits per heavy atom. The molecule has 0 aliphatic carbocycles. The van der Waals surface area contributed by atoms with Gasteiger partial charge in [0, 0.05) is 0 Å². The van der Waals surface area contributed by atoms with E-state index < -0.39 is 22.3 Å². The summed E-state index contributed by atoms with van der Waals surface area (Å²) in [6, 6.07) is 15.9. The molecule has 2 rings (SSSR count). The molecule has 0 aromatic heterocycles. The summed E-state index contributed by atoms with van der Waals surface area (Å²) >= 11 is 0. The van der Waals surface area contributed by atoms with Crippen LogP contribution < -0.4 is 0 Å². The molecule has 0 heterocycles. The molecule has 2 aromatic carbocycles. The summed E-state index contributed by atoms with van der Waals surface area (Å²) in [6.07, 6.45) is -1.96. The van der Waals surface area contributed by atoms with E-state index in [1.807, 2.05) is 37.3 Å². The number of hydrogen-bond acceptors (Lipinski definition) is 5. The third-order valence-corrected chi connectivity index (χ3v) is 4.94. The summed E-state index contributed by atoms with van der Waals surface area (Å²) in [6.45, 7) is 3.70. The molecule has 0 amide bonds. The fourth-order valence-electron chi connectivity index (χ4n) is 2.03. The van der Waals surface area contributed by atoms with Crippen LogP contribution in [0.2, 0.25) is 0 Å². The number of hydrogen-bond donors (Lipinski definition) is 1. The van der Waals surface area contributed by atoms with Crippen molar-refractivity contribution in [2.75, 3.05) is 6.61 Å². The highest BCUT2D eigenvalue weighted by molar-refractivity contribution is 7.86. The Labute approximate surface area is 143 Å². The maximum atomic E-state index is 12.2. The van der Waals surface area contributed by atoms with Gasteiger partial charge in [-0.05, 0) is 31.5 Å². The molecule has 0 saturated carbocycles. The highest BCUT2D eigenvalue weighted by atomic mass is 32.2. The number of aliphatic hydroxyl groups is 1. The van der Waals surface area contributed by atoms with E-state index in [2.05, 4.69) is 0 Å². The Kier molecular flexibility index (Phi) is 6.51. The Hall–Kier alpha value is -1.73. The van der Waals surface area contributed by atoms with Gasteiger partial charge >= 0.3 is 0 Å². The first kappa shape index (κ1) is 18.6. The van der Waals surface area contributed by atoms with Gasteiger partial charge < -0.3 is 9.84 Å². The van der Waals surface area contributed by atoms with E-state index in [4.69, 9.17) is 8.92 Å². The minimum Gasteiger partial charge on any atom is -0.388 e. The lowest BCUT2D eigenvalue weighted by molar-refractivity contribution is -0.0239. The monoisotopic (exact) mass is 350 g/mol. The normalized spacial score (nSPS) is 14.3. The minimum absolute atomic E-state index is 0.0144. The molecule has 0 aliphatic rings. The van der Waals surface area contributed by atoms with Crippen molar-refractivity contribution in [3.8, 4) is 0 Å². The van der Waals surface area contributed by atoms with E-state index in [9.17, 15) is 13.5 Å². The lowest BCUT2D eigenvalue weighted by atomic mass is 10.2. The SMILES string of the molecule is Cc1ccc(S(=O)(=O)O[C@@H](C)[C@@H](O)COCc2ccccc2)cc1. The van der Waals surface area contributed by atoms with E-state index in [1.54, 1.807) is 12.1 Å². The quantitative estimate of drug-likeness (QED) is 0.741. The van der Waals surface area contributed by atoms with Crippen LogP contribution in [0, 0.1) is 6.92 Å². The van der Waals surface area contributed by atoms with E-state index in [1.165, 1.54) is 19.1 Å². The van der Waals surface area contributed by atoms with Crippen LogP contribution in [0.5, 0.6) is 0 Å². The van der Waals surface area contributed by atoms with E-state index in [-0.39, 0.29) is 11.5 Å². The Morgan fingerprint density at radius 2 is 1.67 bits per heavy atom. The van der Waals surface area contributed by atoms with Gasteiger partial charge in [-0.1, -0.05) is 48.0 Å². The fraction of sp³-hybridized carbons (Fsp3) is 0.333. The summed E-state index contributed by atoms with van der Waals surface area (Å²) in [7, 11) is -3.91. The average molecular weight is 350 g/mol. The average Bonchev–Trinajstić information content (AvgIpc) is 2.55. The van der Waals surface area contributed by atoms with E-state index in [0.29, 0.717) is 6.61 Å². The van der Waals surface area contributed by atoms with Gasteiger partial charge in [0.15, 0.2) is 0 Å². The molecular weight excluding hydrogens is 328 g/mol. The van der Waals surface area contributed by atoms with Crippen molar-refractivity contribution in [1.82, 2.24) is 0 Å². The molecule has 0 radical (unpaired) electrons. The minimum atomic E-state index is -3.91. The third kappa shape index (κ3) is 5.42. The van der Waals surface area contributed by atoms with Gasteiger partial charge in [0.05, 0.1) is 18.1 Å². The summed E-state index contributed by atoms with van der Waals surface area (Å²) in [4.78, 5) is 0.0670. The third-order valence-electron chi connectivity index (χ3n) is 3.53. The maximum absolute atomic E-state index is 12.2. The molecule has 0 fully saturated rings. The Balaban J connectivity index is 1.86. The standard InChI is InChI=1S/C18H22O5S/c1-14-8-10-17(11-9-14)24(20,21)23-15(2)18(19)13-22-12-16-6-4-3-5-7-16/h3-11,15,18-19H,12-13H2,1-2H3/t15-,18-/m0/s1. The molecule has 0 unspecified atom stereocenters. The van der Waals surface area contributed by atoms with Crippen LogP contribution in [0.3, 0.4) is 0 Å². The summed E-state index contributed by atoms with van der Waals surface area (Å²) in [5.41, 5.74) is 1.93. The van der Waals surface area contributed by atoms with Crippen molar-refractivity contribution in [2.24, 2.45) is 0 Å². The van der Waals surface area contributed by atoms with Crippen LogP contribution in [-0.4, -0.2) is 32.3 Å². The maximum Gasteiger partial charge on any atom is 0.297 e. The fourth-order valence-corrected chi connectivity index (χ4v) is 3.14. The second-order valence-electron chi connectivity index (χ2n) is 5.64. The highest BCUT2D eigenvalue weighted by Crippen LogP contribution is 2.16. The molecule has 0 spiro atoms. The second-order valence-corrected chi connectivity index (χ2v) is 7.21. The van der Waals surface area contributed by atoms with Gasteiger partial charge in [-0.3, -0.25) is 4.18 Å². The van der Waals surface area contributed by atoms with Gasteiger partial charge in [0.25, 0.3) is 10.1 Å². The predicted molar refractivity (Wildman–Crippen MR) is 91.0 cm³/mol. The number of aryl methyl sites for hydroxylation is 1. The highest BCUT2D eigenvalue weighted by Gasteiger charge is 2.24. The van der Waals surface area contributed by atoms with Crippen molar-refractivity contribution >= 4 is 10.1 Å². The summed E-state index contributed by atoms with van der Waals surface area (Å²) in [5, 5.41) is 10.0. The first-order chi connectivity index (χ1) is 11.4. The topological polar surface area (TPSA) is 72.8 Å². The molecule has 2 atom stereocenters. The van der Waals surface area contributed by atoms with Crippen LogP contribution in [-0.2, 0) is 25.6 Å². The summed E-state index contributed by atoms with van der Waals surface area (Å²) < 4.78 is 34.8. The van der Waals surface area contributed by atoms with Crippen molar-refractivity contribution in [3.05, 3.63) is 65.7 Å². The number of ether oxygens (including phenoxy) is 1. The smallest absolute Gasteiger partial charge is 0.297 e. The Bertz CT molecular complexity index is 726. The van der Waals surface area contributed by atoms with Crippen molar-refractivity contribution < 1.29 is 22.4 Å². The zero-order chi connectivity index (χ0) is 17.6. The number of benzene rings is 2. The lowest BCUT2D eigenvalue weighted by Crippen LogP contribution is -2.32. The molecule has 0 aliphatic heterocycles. The molecule has 5 nitrogen and oxygen atoms in total. The molecule has 130 valence electrons.